The highest BCUT2D eigenvalue weighted by atomic mass is 15.1. The molecule has 0 radical (unpaired) electrons. The van der Waals surface area contributed by atoms with Crippen LogP contribution < -0.4 is 0 Å². The highest BCUT2D eigenvalue weighted by molar-refractivity contribution is 6.24. The van der Waals surface area contributed by atoms with E-state index in [1.165, 1.54) is 93.0 Å². The van der Waals surface area contributed by atoms with Crippen molar-refractivity contribution in [3.05, 3.63) is 362 Å². The number of nitrogens with zero attached hydrogens (tertiary/aromatic N) is 8. The summed E-state index contributed by atoms with van der Waals surface area (Å²) >= 11 is 0. The van der Waals surface area contributed by atoms with Crippen molar-refractivity contribution in [3.8, 4) is 78.9 Å². The van der Waals surface area contributed by atoms with Gasteiger partial charge in [-0.3, -0.25) is 9.13 Å². The predicted octanol–water partition coefficient (Wildman–Crippen LogP) is 27.0. The number of benzene rings is 17. The van der Waals surface area contributed by atoms with Crippen molar-refractivity contribution >= 4 is 142 Å². The minimum atomic E-state index is -0.269. The summed E-state index contributed by atoms with van der Waals surface area (Å²) in [5, 5.41) is 16.5. The van der Waals surface area contributed by atoms with Crippen molar-refractivity contribution < 1.29 is 0 Å². The van der Waals surface area contributed by atoms with E-state index in [1.807, 2.05) is 0 Å². The van der Waals surface area contributed by atoms with Crippen LogP contribution in [-0.4, -0.2) is 38.2 Å². The third-order valence-electron chi connectivity index (χ3n) is 25.7. The Morgan fingerprint density at radius 3 is 1.20 bits per heavy atom. The standard InChI is InChI=1S/C106H68N8/c1-105(2)83-30-14-9-25-72(83)74-46-39-67(55-85(74)105)101-103(109-88-33-17-16-32-87(88)107-101)114-95-52-43-62-37-38-65(53-81(62)100(95)80-49-44-69(59-98(80)114)111-91-34-18-11-27-76(91)77-28-12-19-35-92(77)111)66-41-50-89-90(57-66)108-102(68-40-47-75-73-26-10-15-31-84(73)106(3,4)86(75)56-68)104(110-89)113-94-51-42-61-21-7-8-24-71(61)99(94)79-48-45-70(60-97(79)113)112-93-36-20-13-29-78(93)82-54-63-22-5-6-23-64(63)58-96(82)112/h5-60H,1-4H3. The summed E-state index contributed by atoms with van der Waals surface area (Å²) in [7, 11) is 0. The lowest BCUT2D eigenvalue weighted by atomic mass is 9.82. The first kappa shape index (κ1) is 63.2. The Hall–Kier alpha value is -14.6. The molecule has 6 heterocycles. The second kappa shape index (κ2) is 23.0. The first-order valence-corrected chi connectivity index (χ1v) is 39.5. The minimum absolute atomic E-state index is 0.231. The molecule has 114 heavy (non-hydrogen) atoms. The Bertz CT molecular complexity index is 8210. The maximum atomic E-state index is 6.01. The van der Waals surface area contributed by atoms with Crippen molar-refractivity contribution in [2.45, 2.75) is 38.5 Å². The molecule has 532 valence electrons. The predicted molar refractivity (Wildman–Crippen MR) is 474 cm³/mol. The fourth-order valence-corrected chi connectivity index (χ4v) is 20.3. The van der Waals surface area contributed by atoms with Crippen molar-refractivity contribution in [1.29, 1.82) is 0 Å². The van der Waals surface area contributed by atoms with Crippen LogP contribution in [0, 0.1) is 0 Å². The zero-order chi connectivity index (χ0) is 75.1. The number of fused-ring (bicyclic) bond motifs is 25. The van der Waals surface area contributed by atoms with Crippen molar-refractivity contribution in [2.75, 3.05) is 0 Å². The number of rotatable bonds is 7. The van der Waals surface area contributed by atoms with E-state index in [2.05, 4.69) is 386 Å². The first-order valence-electron chi connectivity index (χ1n) is 39.5. The Balaban J connectivity index is 0.718. The average molecular weight is 1450 g/mol. The van der Waals surface area contributed by atoms with Gasteiger partial charge >= 0.3 is 0 Å². The molecule has 8 nitrogen and oxygen atoms in total. The SMILES string of the molecule is CC1(C)c2ccccc2-c2ccc(-c3nc4cc(-c5ccc6ccc7c(c6c5)c5ccc(-n6c8ccccc8c8ccccc86)cc5n7-c5nc6ccccc6nc5-c5ccc6c(c5)C(C)(C)c5ccccc5-6)ccc4nc3-n3c4cc(-n5c6ccccc6c6cc7ccccc7cc65)ccc4c4c5ccccc5ccc43)cc21. The van der Waals surface area contributed by atoms with E-state index in [-0.39, 0.29) is 10.8 Å². The molecule has 0 bridgehead atoms. The van der Waals surface area contributed by atoms with Crippen LogP contribution in [0.25, 0.3) is 221 Å². The van der Waals surface area contributed by atoms with Crippen LogP contribution in [0.4, 0.5) is 0 Å². The summed E-state index contributed by atoms with van der Waals surface area (Å²) in [5.41, 5.74) is 29.7. The van der Waals surface area contributed by atoms with E-state index >= 15 is 0 Å². The topological polar surface area (TPSA) is 71.3 Å². The summed E-state index contributed by atoms with van der Waals surface area (Å²) in [6.07, 6.45) is 0. The molecule has 0 unspecified atom stereocenters. The summed E-state index contributed by atoms with van der Waals surface area (Å²) < 4.78 is 9.70. The minimum Gasteiger partial charge on any atom is -0.309 e. The van der Waals surface area contributed by atoms with Gasteiger partial charge in [0.15, 0.2) is 11.6 Å². The van der Waals surface area contributed by atoms with E-state index in [1.54, 1.807) is 0 Å². The van der Waals surface area contributed by atoms with E-state index < -0.39 is 0 Å². The van der Waals surface area contributed by atoms with Crippen molar-refractivity contribution in [1.82, 2.24) is 38.2 Å². The van der Waals surface area contributed by atoms with Gasteiger partial charge in [0.2, 0.25) is 0 Å². The van der Waals surface area contributed by atoms with Gasteiger partial charge in [-0.25, -0.2) is 19.9 Å². The van der Waals surface area contributed by atoms with Gasteiger partial charge in [-0.1, -0.05) is 258 Å². The summed E-state index contributed by atoms with van der Waals surface area (Å²) in [6, 6.07) is 126. The molecule has 6 aromatic heterocycles. The quantitative estimate of drug-likeness (QED) is 0.159. The molecule has 2 aliphatic carbocycles. The Morgan fingerprint density at radius 2 is 0.614 bits per heavy atom. The number of hydrogen-bond donors (Lipinski definition) is 0. The normalized spacial score (nSPS) is 13.6. The first-order chi connectivity index (χ1) is 56.0. The zero-order valence-corrected chi connectivity index (χ0v) is 62.9. The largest absolute Gasteiger partial charge is 0.309 e. The molecule has 25 rings (SSSR count). The van der Waals surface area contributed by atoms with Crippen LogP contribution in [0.15, 0.2) is 340 Å². The monoisotopic (exact) mass is 1450 g/mol. The van der Waals surface area contributed by atoms with E-state index in [0.29, 0.717) is 0 Å². The molecular formula is C106H68N8. The lowest BCUT2D eigenvalue weighted by Crippen LogP contribution is -2.15. The molecule has 0 atom stereocenters. The van der Waals surface area contributed by atoms with Crippen molar-refractivity contribution in [2.24, 2.45) is 0 Å². The molecule has 0 N–H and O–H groups in total. The van der Waals surface area contributed by atoms with Crippen LogP contribution in [0.5, 0.6) is 0 Å². The molecule has 0 saturated heterocycles. The van der Waals surface area contributed by atoms with Gasteiger partial charge in [0.1, 0.15) is 11.4 Å². The lowest BCUT2D eigenvalue weighted by Gasteiger charge is -2.22. The zero-order valence-electron chi connectivity index (χ0n) is 62.9. The maximum Gasteiger partial charge on any atom is 0.165 e. The summed E-state index contributed by atoms with van der Waals surface area (Å²) in [4.78, 5) is 23.5. The highest BCUT2D eigenvalue weighted by Crippen LogP contribution is 2.53. The number of para-hydroxylation sites is 5. The molecule has 8 heteroatoms. The van der Waals surface area contributed by atoms with Crippen LogP contribution in [0.3, 0.4) is 0 Å². The van der Waals surface area contributed by atoms with Gasteiger partial charge in [-0.2, -0.15) is 0 Å². The van der Waals surface area contributed by atoms with E-state index in [9.17, 15) is 0 Å². The lowest BCUT2D eigenvalue weighted by molar-refractivity contribution is 0.660. The molecule has 0 amide bonds. The second-order valence-electron chi connectivity index (χ2n) is 32.4. The van der Waals surface area contributed by atoms with Crippen LogP contribution in [0.2, 0.25) is 0 Å². The molecular weight excluding hydrogens is 1390 g/mol. The smallest absolute Gasteiger partial charge is 0.165 e. The Morgan fingerprint density at radius 1 is 0.211 bits per heavy atom. The highest BCUT2D eigenvalue weighted by Gasteiger charge is 2.38. The van der Waals surface area contributed by atoms with E-state index in [4.69, 9.17) is 19.9 Å². The summed E-state index contributed by atoms with van der Waals surface area (Å²) in [6.45, 7) is 9.42. The fourth-order valence-electron chi connectivity index (χ4n) is 20.3. The summed E-state index contributed by atoms with van der Waals surface area (Å²) in [5.74, 6) is 1.53. The van der Waals surface area contributed by atoms with Crippen LogP contribution in [-0.2, 0) is 10.8 Å². The Labute approximate surface area is 655 Å². The molecule has 0 fully saturated rings. The third kappa shape index (κ3) is 8.76. The van der Waals surface area contributed by atoms with Gasteiger partial charge in [-0.05, 0) is 197 Å². The molecule has 0 spiro atoms. The molecule has 0 aliphatic heterocycles. The molecule has 2 aliphatic rings. The number of aromatic nitrogens is 8. The van der Waals surface area contributed by atoms with Gasteiger partial charge in [0.05, 0.1) is 66.2 Å². The van der Waals surface area contributed by atoms with Crippen LogP contribution >= 0.6 is 0 Å². The molecule has 17 aromatic carbocycles. The van der Waals surface area contributed by atoms with Gasteiger partial charge in [-0.15, -0.1) is 0 Å². The van der Waals surface area contributed by atoms with Gasteiger partial charge in [0, 0.05) is 76.4 Å². The fraction of sp³-hybridized carbons (Fsp3) is 0.0566. The molecule has 0 saturated carbocycles. The number of hydrogen-bond acceptors (Lipinski definition) is 4. The van der Waals surface area contributed by atoms with E-state index in [0.717, 1.165) is 150 Å². The van der Waals surface area contributed by atoms with Gasteiger partial charge in [0.25, 0.3) is 0 Å². The Kier molecular flexibility index (Phi) is 12.8. The van der Waals surface area contributed by atoms with Crippen molar-refractivity contribution in [3.63, 3.8) is 0 Å². The second-order valence-corrected chi connectivity index (χ2v) is 32.4. The van der Waals surface area contributed by atoms with Crippen LogP contribution in [0.1, 0.15) is 49.9 Å². The van der Waals surface area contributed by atoms with Gasteiger partial charge < -0.3 is 9.13 Å². The maximum absolute atomic E-state index is 6.01. The average Bonchev–Trinajstić information content (AvgIpc) is 1.56. The third-order valence-corrected chi connectivity index (χ3v) is 25.7. The molecule has 23 aromatic rings.